The van der Waals surface area contributed by atoms with E-state index in [9.17, 15) is 19.5 Å². The summed E-state index contributed by atoms with van der Waals surface area (Å²) in [5.74, 6) is -2.68. The van der Waals surface area contributed by atoms with Crippen LogP contribution in [0.15, 0.2) is 29.4 Å². The summed E-state index contributed by atoms with van der Waals surface area (Å²) >= 11 is 0. The molecule has 1 aliphatic carbocycles. The summed E-state index contributed by atoms with van der Waals surface area (Å²) in [7, 11) is 0. The van der Waals surface area contributed by atoms with Crippen LogP contribution in [0.25, 0.3) is 0 Å². The third-order valence-electron chi connectivity index (χ3n) is 2.75. The lowest BCUT2D eigenvalue weighted by atomic mass is 10.2. The number of aliphatic carboxylic acids is 1. The molecular weight excluding hydrogens is 290 g/mol. The van der Waals surface area contributed by atoms with E-state index in [-0.39, 0.29) is 11.8 Å². The molecular formula is C14H14N3O5-. The molecule has 8 nitrogen and oxygen atoms in total. The molecule has 22 heavy (non-hydrogen) atoms. The number of nitrogens with one attached hydrogen (secondary N) is 2. The smallest absolute Gasteiger partial charge is 0.329 e. The Morgan fingerprint density at radius 2 is 2.00 bits per heavy atom. The molecule has 0 saturated heterocycles. The first kappa shape index (κ1) is 15.5. The Balaban J connectivity index is 1.90. The van der Waals surface area contributed by atoms with Crippen molar-refractivity contribution in [1.82, 2.24) is 10.7 Å². The quantitative estimate of drug-likeness (QED) is 0.378. The molecule has 0 heterocycles. The van der Waals surface area contributed by atoms with Crippen LogP contribution >= 0.6 is 0 Å². The maximum atomic E-state index is 11.4. The highest BCUT2D eigenvalue weighted by Crippen LogP contribution is 2.18. The number of hydrazone groups is 1. The average Bonchev–Trinajstić information content (AvgIpc) is 3.30. The van der Waals surface area contributed by atoms with Crippen molar-refractivity contribution in [2.75, 3.05) is 6.61 Å². The number of carbonyl (C=O) groups is 3. The molecule has 2 rings (SSSR count). The fourth-order valence-electron chi connectivity index (χ4n) is 1.55. The Morgan fingerprint density at radius 1 is 1.27 bits per heavy atom. The Labute approximate surface area is 126 Å². The number of carboxylic acids is 1. The van der Waals surface area contributed by atoms with Crippen molar-refractivity contribution in [3.05, 3.63) is 29.8 Å². The molecule has 0 aromatic heterocycles. The van der Waals surface area contributed by atoms with Gasteiger partial charge in [-0.2, -0.15) is 5.10 Å². The molecule has 0 atom stereocenters. The summed E-state index contributed by atoms with van der Waals surface area (Å²) in [5.41, 5.74) is 2.54. The predicted molar refractivity (Wildman–Crippen MR) is 73.8 cm³/mol. The number of benzene rings is 1. The first-order valence-corrected chi connectivity index (χ1v) is 6.62. The first-order chi connectivity index (χ1) is 10.6. The molecule has 2 N–H and O–H groups in total. The number of hydrogen-bond acceptors (Lipinski definition) is 6. The summed E-state index contributed by atoms with van der Waals surface area (Å²) in [4.78, 5) is 33.2. The van der Waals surface area contributed by atoms with Gasteiger partial charge >= 0.3 is 11.8 Å². The molecule has 8 heteroatoms. The van der Waals surface area contributed by atoms with Crippen molar-refractivity contribution < 1.29 is 24.2 Å². The highest BCUT2D eigenvalue weighted by molar-refractivity contribution is 6.35. The Hall–Kier alpha value is -2.90. The average molecular weight is 304 g/mol. The van der Waals surface area contributed by atoms with Crippen molar-refractivity contribution in [2.24, 2.45) is 5.10 Å². The molecule has 1 fully saturated rings. The number of nitrogens with zero attached hydrogens (tertiary/aromatic N) is 1. The molecule has 0 radical (unpaired) electrons. The summed E-state index contributed by atoms with van der Waals surface area (Å²) in [6.45, 7) is -0.596. The van der Waals surface area contributed by atoms with Crippen molar-refractivity contribution >= 4 is 24.0 Å². The predicted octanol–water partition coefficient (Wildman–Crippen LogP) is -1.46. The van der Waals surface area contributed by atoms with Crippen LogP contribution in [0.1, 0.15) is 18.4 Å². The number of carbonyl (C=O) groups excluding carboxylic acids is 3. The zero-order chi connectivity index (χ0) is 15.9. The van der Waals surface area contributed by atoms with Crippen LogP contribution in [-0.2, 0) is 14.4 Å². The molecule has 1 aromatic carbocycles. The molecule has 116 valence electrons. The van der Waals surface area contributed by atoms with E-state index in [1.54, 1.807) is 24.3 Å². The maximum absolute atomic E-state index is 11.4. The van der Waals surface area contributed by atoms with Gasteiger partial charge in [-0.15, -0.1) is 0 Å². The highest BCUT2D eigenvalue weighted by atomic mass is 16.5. The van der Waals surface area contributed by atoms with Gasteiger partial charge in [0, 0.05) is 11.6 Å². The van der Waals surface area contributed by atoms with Crippen LogP contribution < -0.4 is 20.6 Å². The van der Waals surface area contributed by atoms with Gasteiger partial charge in [0.1, 0.15) is 12.4 Å². The Kier molecular flexibility index (Phi) is 5.07. The minimum Gasteiger partial charge on any atom is -0.546 e. The molecule has 2 amide bonds. The van der Waals surface area contributed by atoms with Gasteiger partial charge < -0.3 is 20.0 Å². The van der Waals surface area contributed by atoms with E-state index in [1.807, 2.05) is 0 Å². The molecule has 0 spiro atoms. The van der Waals surface area contributed by atoms with E-state index in [4.69, 9.17) is 4.74 Å². The van der Waals surface area contributed by atoms with Crippen LogP contribution in [0.2, 0.25) is 0 Å². The standard InChI is InChI=1S/C14H15N3O5/c18-12(19)8-22-11-4-2-1-3-9(11)7-15-17-14(21)13(20)16-10-5-6-10/h1-4,7,10H,5-6,8H2,(H,16,20)(H,17,21)(H,18,19)/p-1/b15-7-. The van der Waals surface area contributed by atoms with Crippen molar-refractivity contribution in [3.8, 4) is 5.75 Å². The van der Waals surface area contributed by atoms with Crippen LogP contribution in [0.5, 0.6) is 5.75 Å². The fraction of sp³-hybridized carbons (Fsp3) is 0.286. The second-order valence-corrected chi connectivity index (χ2v) is 4.65. The number of ether oxygens (including phenoxy) is 1. The molecule has 0 bridgehead atoms. The van der Waals surface area contributed by atoms with Crippen molar-refractivity contribution in [1.29, 1.82) is 0 Å². The molecule has 0 unspecified atom stereocenters. The van der Waals surface area contributed by atoms with E-state index in [0.717, 1.165) is 12.8 Å². The summed E-state index contributed by atoms with van der Waals surface area (Å²) in [5, 5.41) is 16.6. The fourth-order valence-corrected chi connectivity index (χ4v) is 1.55. The summed E-state index contributed by atoms with van der Waals surface area (Å²) in [6.07, 6.45) is 3.02. The van der Waals surface area contributed by atoms with Gasteiger partial charge in [0.05, 0.1) is 12.2 Å². The lowest BCUT2D eigenvalue weighted by Gasteiger charge is -2.08. The molecule has 1 aliphatic rings. The molecule has 1 saturated carbocycles. The van der Waals surface area contributed by atoms with Gasteiger partial charge in [-0.05, 0) is 25.0 Å². The third kappa shape index (κ3) is 4.89. The molecule has 1 aromatic rings. The zero-order valence-corrected chi connectivity index (χ0v) is 11.6. The number of rotatable bonds is 6. The Bertz CT molecular complexity index is 610. The second kappa shape index (κ2) is 7.21. The van der Waals surface area contributed by atoms with Crippen molar-refractivity contribution in [3.63, 3.8) is 0 Å². The van der Waals surface area contributed by atoms with Crippen LogP contribution in [0.3, 0.4) is 0 Å². The Morgan fingerprint density at radius 3 is 2.68 bits per heavy atom. The SMILES string of the molecule is O=C([O-])COc1ccccc1/C=N\NC(=O)C(=O)NC1CC1. The van der Waals surface area contributed by atoms with E-state index in [0.29, 0.717) is 5.56 Å². The third-order valence-corrected chi connectivity index (χ3v) is 2.75. The minimum absolute atomic E-state index is 0.0842. The van der Waals surface area contributed by atoms with E-state index in [1.165, 1.54) is 6.21 Å². The normalized spacial score (nSPS) is 13.6. The van der Waals surface area contributed by atoms with E-state index in [2.05, 4.69) is 15.8 Å². The van der Waals surface area contributed by atoms with Gasteiger partial charge in [-0.3, -0.25) is 9.59 Å². The topological polar surface area (TPSA) is 120 Å². The summed E-state index contributed by atoms with van der Waals surface area (Å²) < 4.78 is 5.02. The zero-order valence-electron chi connectivity index (χ0n) is 11.6. The van der Waals surface area contributed by atoms with Gasteiger partial charge in [-0.25, -0.2) is 5.43 Å². The number of carboxylic acid groups (broad SMARTS) is 1. The van der Waals surface area contributed by atoms with Crippen molar-refractivity contribution in [2.45, 2.75) is 18.9 Å². The second-order valence-electron chi connectivity index (χ2n) is 4.65. The lowest BCUT2D eigenvalue weighted by molar-refractivity contribution is -0.307. The van der Waals surface area contributed by atoms with Gasteiger partial charge in [-0.1, -0.05) is 12.1 Å². The number of amides is 2. The van der Waals surface area contributed by atoms with Crippen LogP contribution in [0, 0.1) is 0 Å². The summed E-state index contributed by atoms with van der Waals surface area (Å²) in [6, 6.07) is 6.59. The molecule has 0 aliphatic heterocycles. The maximum Gasteiger partial charge on any atom is 0.329 e. The highest BCUT2D eigenvalue weighted by Gasteiger charge is 2.26. The number of para-hydroxylation sites is 1. The van der Waals surface area contributed by atoms with Crippen LogP contribution in [-0.4, -0.2) is 36.6 Å². The largest absolute Gasteiger partial charge is 0.546 e. The van der Waals surface area contributed by atoms with Crippen LogP contribution in [0.4, 0.5) is 0 Å². The van der Waals surface area contributed by atoms with E-state index >= 15 is 0 Å². The first-order valence-electron chi connectivity index (χ1n) is 6.62. The van der Waals surface area contributed by atoms with Gasteiger partial charge in [0.2, 0.25) is 0 Å². The minimum atomic E-state index is -1.35. The van der Waals surface area contributed by atoms with E-state index < -0.39 is 24.4 Å². The number of hydrogen-bond donors (Lipinski definition) is 2. The monoisotopic (exact) mass is 304 g/mol. The van der Waals surface area contributed by atoms with Gasteiger partial charge in [0.25, 0.3) is 0 Å². The van der Waals surface area contributed by atoms with Gasteiger partial charge in [0.15, 0.2) is 0 Å². The lowest BCUT2D eigenvalue weighted by Crippen LogP contribution is -2.38.